The normalized spacial score (nSPS) is 25.4. The van der Waals surface area contributed by atoms with Gasteiger partial charge in [-0.1, -0.05) is 11.3 Å². The van der Waals surface area contributed by atoms with Gasteiger partial charge in [0.2, 0.25) is 5.13 Å². The summed E-state index contributed by atoms with van der Waals surface area (Å²) in [6.07, 6.45) is 1.58. The molecule has 2 aromatic rings. The number of nitrogens with one attached hydrogen (secondary N) is 2. The lowest BCUT2D eigenvalue weighted by molar-refractivity contribution is 0.0189. The Balaban J connectivity index is 1.31. The molecular formula is C15H19N7OS. The average molecular weight is 345 g/mol. The Labute approximate surface area is 143 Å². The first-order valence-corrected chi connectivity index (χ1v) is 8.90. The van der Waals surface area contributed by atoms with Crippen molar-refractivity contribution in [1.29, 1.82) is 0 Å². The number of hydrogen-bond donors (Lipinski definition) is 2. The summed E-state index contributed by atoms with van der Waals surface area (Å²) in [5.41, 5.74) is 2.08. The van der Waals surface area contributed by atoms with Crippen LogP contribution in [-0.4, -0.2) is 76.2 Å². The number of anilines is 2. The molecule has 0 radical (unpaired) electrons. The number of hydrogen-bond acceptors (Lipinski definition) is 8. The second-order valence-corrected chi connectivity index (χ2v) is 6.83. The lowest BCUT2D eigenvalue weighted by Crippen LogP contribution is -2.62. The molecule has 3 aliphatic rings. The van der Waals surface area contributed by atoms with Crippen molar-refractivity contribution in [3.63, 3.8) is 0 Å². The predicted octanol–water partition coefficient (Wildman–Crippen LogP) is 0.597. The topological polar surface area (TPSA) is 86.3 Å². The highest BCUT2D eigenvalue weighted by Gasteiger charge is 2.31. The fourth-order valence-electron chi connectivity index (χ4n) is 3.17. The maximum atomic E-state index is 12.1. The molecule has 0 saturated carbocycles. The minimum atomic E-state index is -0.227. The number of amides is 1. The molecule has 1 unspecified atom stereocenters. The van der Waals surface area contributed by atoms with Gasteiger partial charge in [0.25, 0.3) is 5.91 Å². The van der Waals surface area contributed by atoms with Crippen LogP contribution in [0.1, 0.15) is 10.4 Å². The number of rotatable bonds is 5. The molecule has 24 heavy (non-hydrogen) atoms. The fraction of sp³-hybridized carbons (Fsp3) is 0.467. The van der Waals surface area contributed by atoms with Crippen molar-refractivity contribution in [2.75, 3.05) is 49.9 Å². The quantitative estimate of drug-likeness (QED) is 0.820. The average Bonchev–Trinajstić information content (AvgIpc) is 3.14. The summed E-state index contributed by atoms with van der Waals surface area (Å²) < 4.78 is 0. The summed E-state index contributed by atoms with van der Waals surface area (Å²) in [6, 6.07) is 4.14. The van der Waals surface area contributed by atoms with E-state index in [1.807, 2.05) is 6.07 Å². The Morgan fingerprint density at radius 3 is 2.79 bits per heavy atom. The van der Waals surface area contributed by atoms with Crippen LogP contribution in [0, 0.1) is 0 Å². The van der Waals surface area contributed by atoms with Gasteiger partial charge in [0, 0.05) is 51.5 Å². The minimum absolute atomic E-state index is 0.227. The minimum Gasteiger partial charge on any atom is -0.368 e. The van der Waals surface area contributed by atoms with E-state index in [4.69, 9.17) is 0 Å². The summed E-state index contributed by atoms with van der Waals surface area (Å²) >= 11 is 1.28. The summed E-state index contributed by atoms with van der Waals surface area (Å²) in [7, 11) is 0. The molecule has 9 heteroatoms. The Morgan fingerprint density at radius 1 is 1.29 bits per heavy atom. The van der Waals surface area contributed by atoms with E-state index in [0.29, 0.717) is 16.7 Å². The third kappa shape index (κ3) is 3.37. The molecule has 0 aromatic carbocycles. The summed E-state index contributed by atoms with van der Waals surface area (Å²) in [5.74, 6) is 0.564. The number of nitrogens with zero attached hydrogens (tertiary/aromatic N) is 5. The number of pyridine rings is 1. The van der Waals surface area contributed by atoms with E-state index < -0.39 is 0 Å². The van der Waals surface area contributed by atoms with Gasteiger partial charge in [-0.05, 0) is 12.1 Å². The van der Waals surface area contributed by atoms with Crippen molar-refractivity contribution in [2.45, 2.75) is 6.04 Å². The molecule has 3 aliphatic heterocycles. The molecule has 1 atom stereocenters. The maximum absolute atomic E-state index is 12.1. The van der Waals surface area contributed by atoms with Crippen LogP contribution in [0.2, 0.25) is 0 Å². The Bertz CT molecular complexity index is 682. The van der Waals surface area contributed by atoms with Crippen LogP contribution in [-0.2, 0) is 0 Å². The molecule has 0 aliphatic carbocycles. The van der Waals surface area contributed by atoms with E-state index in [-0.39, 0.29) is 5.91 Å². The zero-order chi connectivity index (χ0) is 16.4. The molecule has 5 rings (SSSR count). The molecular weight excluding hydrogens is 326 g/mol. The molecule has 0 spiro atoms. The number of piperazine rings is 3. The highest BCUT2D eigenvalue weighted by Crippen LogP contribution is 2.16. The van der Waals surface area contributed by atoms with Crippen LogP contribution in [0.25, 0.3) is 0 Å². The largest absolute Gasteiger partial charge is 0.368 e. The van der Waals surface area contributed by atoms with E-state index in [0.717, 1.165) is 32.0 Å². The van der Waals surface area contributed by atoms with Crippen molar-refractivity contribution < 1.29 is 4.79 Å². The van der Waals surface area contributed by atoms with E-state index in [1.165, 1.54) is 24.4 Å². The van der Waals surface area contributed by atoms with Gasteiger partial charge in [0.05, 0.1) is 5.56 Å². The first kappa shape index (κ1) is 15.4. The molecule has 8 nitrogen and oxygen atoms in total. The fourth-order valence-corrected chi connectivity index (χ4v) is 3.61. The Kier molecular flexibility index (Phi) is 4.37. The zero-order valence-electron chi connectivity index (χ0n) is 13.2. The first-order chi connectivity index (χ1) is 11.8. The van der Waals surface area contributed by atoms with Crippen molar-refractivity contribution >= 4 is 28.2 Å². The first-order valence-electron chi connectivity index (χ1n) is 8.02. The molecule has 2 N–H and O–H groups in total. The van der Waals surface area contributed by atoms with Crippen LogP contribution >= 0.6 is 11.3 Å². The maximum Gasteiger partial charge on any atom is 0.259 e. The van der Waals surface area contributed by atoms with Crippen LogP contribution < -0.4 is 10.6 Å². The van der Waals surface area contributed by atoms with Crippen LogP contribution in [0.15, 0.2) is 23.8 Å². The van der Waals surface area contributed by atoms with Crippen molar-refractivity contribution in [3.8, 4) is 0 Å². The smallest absolute Gasteiger partial charge is 0.259 e. The highest BCUT2D eigenvalue weighted by atomic mass is 32.1. The highest BCUT2D eigenvalue weighted by molar-refractivity contribution is 7.13. The zero-order valence-corrected chi connectivity index (χ0v) is 14.0. The van der Waals surface area contributed by atoms with E-state index >= 15 is 0 Å². The molecule has 3 saturated heterocycles. The summed E-state index contributed by atoms with van der Waals surface area (Å²) in [4.78, 5) is 21.5. The predicted molar refractivity (Wildman–Crippen MR) is 92.4 cm³/mol. The number of carbonyl (C=O) groups excluding carboxylic acids is 1. The molecule has 2 bridgehead atoms. The van der Waals surface area contributed by atoms with E-state index in [9.17, 15) is 4.79 Å². The standard InChI is InChI=1S/C15H19N7OS/c23-14(19-15-20-18-10-24-15)11-1-2-13(16-7-11)17-8-12-9-21-3-5-22(12)6-4-21/h1-2,7,10,12H,3-6,8-9H2,(H,16,17)(H,19,20,23). The summed E-state index contributed by atoms with van der Waals surface area (Å²) in [5, 5.41) is 14.0. The van der Waals surface area contributed by atoms with Crippen molar-refractivity contribution in [3.05, 3.63) is 29.4 Å². The Morgan fingerprint density at radius 2 is 2.17 bits per heavy atom. The number of aromatic nitrogens is 3. The second kappa shape index (κ2) is 6.80. The van der Waals surface area contributed by atoms with Gasteiger partial charge in [-0.15, -0.1) is 10.2 Å². The van der Waals surface area contributed by atoms with Crippen LogP contribution in [0.4, 0.5) is 10.9 Å². The third-order valence-electron chi connectivity index (χ3n) is 4.52. The third-order valence-corrected chi connectivity index (χ3v) is 5.12. The molecule has 1 amide bonds. The molecule has 5 heterocycles. The van der Waals surface area contributed by atoms with Gasteiger partial charge in [0.15, 0.2) is 0 Å². The van der Waals surface area contributed by atoms with Crippen LogP contribution in [0.5, 0.6) is 0 Å². The Hall–Kier alpha value is -2.10. The molecule has 2 aromatic heterocycles. The molecule has 126 valence electrons. The van der Waals surface area contributed by atoms with Gasteiger partial charge in [0.1, 0.15) is 11.3 Å². The molecule has 3 fully saturated rings. The lowest BCUT2D eigenvalue weighted by Gasteiger charge is -2.47. The van der Waals surface area contributed by atoms with Crippen molar-refractivity contribution in [2.24, 2.45) is 0 Å². The van der Waals surface area contributed by atoms with Gasteiger partial charge in [-0.2, -0.15) is 0 Å². The van der Waals surface area contributed by atoms with Gasteiger partial charge in [-0.25, -0.2) is 4.98 Å². The van der Waals surface area contributed by atoms with E-state index in [1.54, 1.807) is 17.8 Å². The monoisotopic (exact) mass is 345 g/mol. The van der Waals surface area contributed by atoms with Gasteiger partial charge < -0.3 is 5.32 Å². The lowest BCUT2D eigenvalue weighted by atomic mass is 10.1. The van der Waals surface area contributed by atoms with Gasteiger partial charge in [-0.3, -0.25) is 19.9 Å². The SMILES string of the molecule is O=C(Nc1nncs1)c1ccc(NCC2CN3CCN2CC3)nc1. The van der Waals surface area contributed by atoms with Gasteiger partial charge >= 0.3 is 0 Å². The number of fused-ring (bicyclic) bond motifs is 3. The number of carbonyl (C=O) groups is 1. The van der Waals surface area contributed by atoms with Crippen LogP contribution in [0.3, 0.4) is 0 Å². The van der Waals surface area contributed by atoms with Crippen molar-refractivity contribution in [1.82, 2.24) is 25.0 Å². The summed E-state index contributed by atoms with van der Waals surface area (Å²) in [6.45, 7) is 6.69. The second-order valence-electron chi connectivity index (χ2n) is 6.00. The van der Waals surface area contributed by atoms with E-state index in [2.05, 4.69) is 35.6 Å².